The van der Waals surface area contributed by atoms with E-state index in [0.717, 1.165) is 24.9 Å². The fourth-order valence-corrected chi connectivity index (χ4v) is 3.27. The van der Waals surface area contributed by atoms with Crippen LogP contribution in [0.15, 0.2) is 72.9 Å². The third kappa shape index (κ3) is 4.79. The molecule has 0 fully saturated rings. The highest BCUT2D eigenvalue weighted by Crippen LogP contribution is 2.18. The van der Waals surface area contributed by atoms with Crippen LogP contribution in [0.25, 0.3) is 10.9 Å². The largest absolute Gasteiger partial charge is 0.368 e. The summed E-state index contributed by atoms with van der Waals surface area (Å²) >= 11 is 0. The molecule has 4 rings (SSSR count). The van der Waals surface area contributed by atoms with Crippen molar-refractivity contribution in [3.05, 3.63) is 89.7 Å². The quantitative estimate of drug-likeness (QED) is 0.433. The molecule has 0 saturated heterocycles. The minimum absolute atomic E-state index is 0.209. The monoisotopic (exact) mass is 385 g/mol. The van der Waals surface area contributed by atoms with Crippen molar-refractivity contribution in [1.82, 2.24) is 20.5 Å². The van der Waals surface area contributed by atoms with E-state index in [1.54, 1.807) is 12.1 Å². The van der Waals surface area contributed by atoms with Gasteiger partial charge in [-0.3, -0.25) is 4.79 Å². The Morgan fingerprint density at radius 3 is 2.52 bits per heavy atom. The van der Waals surface area contributed by atoms with Gasteiger partial charge in [-0.05, 0) is 42.2 Å². The van der Waals surface area contributed by atoms with Crippen molar-refractivity contribution in [3.8, 4) is 0 Å². The van der Waals surface area contributed by atoms with Gasteiger partial charge in [-0.25, -0.2) is 0 Å². The van der Waals surface area contributed by atoms with Gasteiger partial charge < -0.3 is 15.6 Å². The van der Waals surface area contributed by atoms with Gasteiger partial charge in [0.25, 0.3) is 5.91 Å². The fourth-order valence-electron chi connectivity index (χ4n) is 3.27. The lowest BCUT2D eigenvalue weighted by Crippen LogP contribution is -2.26. The van der Waals surface area contributed by atoms with Crippen molar-refractivity contribution < 1.29 is 4.79 Å². The van der Waals surface area contributed by atoms with Crippen molar-refractivity contribution in [2.75, 3.05) is 18.4 Å². The van der Waals surface area contributed by atoms with Gasteiger partial charge in [0.2, 0.25) is 0 Å². The second kappa shape index (κ2) is 9.01. The number of amides is 1. The van der Waals surface area contributed by atoms with Crippen LogP contribution in [0.4, 0.5) is 5.82 Å². The molecule has 0 unspecified atom stereocenters. The summed E-state index contributed by atoms with van der Waals surface area (Å²) in [6.07, 6.45) is 3.70. The first-order valence-electron chi connectivity index (χ1n) is 9.74. The zero-order valence-electron chi connectivity index (χ0n) is 16.1. The number of carbonyl (C=O) groups is 1. The number of nitrogens with one attached hydrogen (secondary N) is 3. The predicted octanol–water partition coefficient (Wildman–Crippen LogP) is 3.59. The summed E-state index contributed by atoms with van der Waals surface area (Å²) in [5.41, 5.74) is 3.91. The Hall–Kier alpha value is -3.67. The van der Waals surface area contributed by atoms with Gasteiger partial charge in [0.15, 0.2) is 5.69 Å². The second-order valence-corrected chi connectivity index (χ2v) is 6.83. The van der Waals surface area contributed by atoms with E-state index in [0.29, 0.717) is 18.1 Å². The average Bonchev–Trinajstić information content (AvgIpc) is 3.18. The van der Waals surface area contributed by atoms with E-state index >= 15 is 0 Å². The van der Waals surface area contributed by atoms with Crippen LogP contribution in [-0.2, 0) is 12.8 Å². The molecule has 146 valence electrons. The standard InChI is InChI=1S/C23H23N5O/c29-23(25-14-12-17-6-2-1-3-7-17)21-10-11-22(28-27-21)24-15-13-18-16-26-20-9-5-4-8-19(18)20/h1-11,16,26H,12-15H2,(H,24,28)(H,25,29). The molecule has 0 spiro atoms. The van der Waals surface area contributed by atoms with Crippen LogP contribution < -0.4 is 10.6 Å². The lowest BCUT2D eigenvalue weighted by atomic mass is 10.1. The average molecular weight is 385 g/mol. The van der Waals surface area contributed by atoms with E-state index in [4.69, 9.17) is 0 Å². The number of nitrogens with zero attached hydrogens (tertiary/aromatic N) is 2. The molecule has 0 bridgehead atoms. The van der Waals surface area contributed by atoms with Gasteiger partial charge in [-0.1, -0.05) is 48.5 Å². The highest BCUT2D eigenvalue weighted by molar-refractivity contribution is 5.92. The Morgan fingerprint density at radius 1 is 0.862 bits per heavy atom. The molecule has 0 radical (unpaired) electrons. The first-order valence-corrected chi connectivity index (χ1v) is 9.74. The van der Waals surface area contributed by atoms with E-state index in [1.807, 2.05) is 48.7 Å². The minimum atomic E-state index is -0.209. The molecule has 6 nitrogen and oxygen atoms in total. The van der Waals surface area contributed by atoms with Crippen LogP contribution in [0.2, 0.25) is 0 Å². The number of aromatic amines is 1. The number of benzene rings is 2. The summed E-state index contributed by atoms with van der Waals surface area (Å²) in [7, 11) is 0. The van der Waals surface area contributed by atoms with E-state index in [-0.39, 0.29) is 5.91 Å². The number of carbonyl (C=O) groups excluding carboxylic acids is 1. The highest BCUT2D eigenvalue weighted by atomic mass is 16.1. The third-order valence-corrected chi connectivity index (χ3v) is 4.81. The molecule has 2 heterocycles. The summed E-state index contributed by atoms with van der Waals surface area (Å²) in [5, 5.41) is 15.5. The van der Waals surface area contributed by atoms with Crippen LogP contribution >= 0.6 is 0 Å². The van der Waals surface area contributed by atoms with Crippen LogP contribution in [0.5, 0.6) is 0 Å². The maximum absolute atomic E-state index is 12.2. The van der Waals surface area contributed by atoms with E-state index in [2.05, 4.69) is 37.9 Å². The molecule has 4 aromatic rings. The van der Waals surface area contributed by atoms with Crippen molar-refractivity contribution in [3.63, 3.8) is 0 Å². The van der Waals surface area contributed by atoms with Gasteiger partial charge in [0, 0.05) is 30.2 Å². The minimum Gasteiger partial charge on any atom is -0.368 e. The molecule has 0 aliphatic carbocycles. The second-order valence-electron chi connectivity index (χ2n) is 6.83. The molecule has 29 heavy (non-hydrogen) atoms. The molecule has 0 saturated carbocycles. The molecule has 3 N–H and O–H groups in total. The van der Waals surface area contributed by atoms with Crippen LogP contribution in [0, 0.1) is 0 Å². The van der Waals surface area contributed by atoms with Crippen molar-refractivity contribution in [1.29, 1.82) is 0 Å². The fraction of sp³-hybridized carbons (Fsp3) is 0.174. The first kappa shape index (κ1) is 18.7. The molecule has 2 aromatic carbocycles. The molecule has 0 aliphatic heterocycles. The lowest BCUT2D eigenvalue weighted by Gasteiger charge is -2.07. The Labute approximate surface area is 169 Å². The highest BCUT2D eigenvalue weighted by Gasteiger charge is 2.08. The van der Waals surface area contributed by atoms with E-state index < -0.39 is 0 Å². The maximum atomic E-state index is 12.2. The topological polar surface area (TPSA) is 82.7 Å². The SMILES string of the molecule is O=C(NCCc1ccccc1)c1ccc(NCCc2c[nH]c3ccccc23)nn1. The van der Waals surface area contributed by atoms with Gasteiger partial charge in [-0.15, -0.1) is 10.2 Å². The molecular formula is C23H23N5O. The van der Waals surface area contributed by atoms with Gasteiger partial charge >= 0.3 is 0 Å². The van der Waals surface area contributed by atoms with Gasteiger partial charge in [-0.2, -0.15) is 0 Å². The number of fused-ring (bicyclic) bond motifs is 1. The zero-order valence-corrected chi connectivity index (χ0v) is 16.1. The third-order valence-electron chi connectivity index (χ3n) is 4.81. The van der Waals surface area contributed by atoms with E-state index in [9.17, 15) is 4.79 Å². The maximum Gasteiger partial charge on any atom is 0.271 e. The Balaban J connectivity index is 1.24. The summed E-state index contributed by atoms with van der Waals surface area (Å²) in [6.45, 7) is 1.30. The normalized spacial score (nSPS) is 10.8. The van der Waals surface area contributed by atoms with Gasteiger partial charge in [0.1, 0.15) is 5.82 Å². The summed E-state index contributed by atoms with van der Waals surface area (Å²) < 4.78 is 0. The smallest absolute Gasteiger partial charge is 0.271 e. The molecule has 0 aliphatic rings. The number of anilines is 1. The number of H-pyrrole nitrogens is 1. The number of rotatable bonds is 8. The summed E-state index contributed by atoms with van der Waals surface area (Å²) in [4.78, 5) is 15.5. The number of aromatic nitrogens is 3. The lowest BCUT2D eigenvalue weighted by molar-refractivity contribution is 0.0948. The molecule has 1 amide bonds. The molecule has 0 atom stereocenters. The predicted molar refractivity (Wildman–Crippen MR) is 115 cm³/mol. The van der Waals surface area contributed by atoms with Crippen molar-refractivity contribution >= 4 is 22.6 Å². The van der Waals surface area contributed by atoms with E-state index in [1.165, 1.54) is 16.5 Å². The number of para-hydroxylation sites is 1. The Kier molecular flexibility index (Phi) is 5.81. The Morgan fingerprint density at radius 2 is 1.69 bits per heavy atom. The molecule has 6 heteroatoms. The van der Waals surface area contributed by atoms with Crippen molar-refractivity contribution in [2.24, 2.45) is 0 Å². The zero-order chi connectivity index (χ0) is 19.9. The summed E-state index contributed by atoms with van der Waals surface area (Å²) in [5.74, 6) is 0.449. The summed E-state index contributed by atoms with van der Waals surface area (Å²) in [6, 6.07) is 21.8. The van der Waals surface area contributed by atoms with Crippen LogP contribution in [0.3, 0.4) is 0 Å². The van der Waals surface area contributed by atoms with Crippen LogP contribution in [0.1, 0.15) is 21.6 Å². The first-order chi connectivity index (χ1) is 14.3. The molecule has 2 aromatic heterocycles. The Bertz CT molecular complexity index is 1070. The van der Waals surface area contributed by atoms with Gasteiger partial charge in [0.05, 0.1) is 0 Å². The van der Waals surface area contributed by atoms with Crippen molar-refractivity contribution in [2.45, 2.75) is 12.8 Å². The number of hydrogen-bond acceptors (Lipinski definition) is 4. The number of hydrogen-bond donors (Lipinski definition) is 3. The van der Waals surface area contributed by atoms with Crippen LogP contribution in [-0.4, -0.2) is 34.2 Å². The molecular weight excluding hydrogens is 362 g/mol.